The molecule has 2 atom stereocenters. The topological polar surface area (TPSA) is 15.3 Å². The minimum atomic E-state index is 0.698. The number of rotatable bonds is 6. The molecule has 2 fully saturated rings. The lowest BCUT2D eigenvalue weighted by Crippen LogP contribution is -2.60. The Morgan fingerprint density at radius 2 is 1.95 bits per heavy atom. The third-order valence-electron chi connectivity index (χ3n) is 5.28. The Hall–Kier alpha value is 0.270. The molecule has 0 amide bonds. The second kappa shape index (κ2) is 8.65. The van der Waals surface area contributed by atoms with Gasteiger partial charge in [-0.25, -0.2) is 0 Å². The van der Waals surface area contributed by atoms with Crippen LogP contribution in [0.15, 0.2) is 0 Å². The van der Waals surface area contributed by atoms with Crippen LogP contribution in [0.3, 0.4) is 0 Å². The molecule has 20 heavy (non-hydrogen) atoms. The predicted octanol–water partition coefficient (Wildman–Crippen LogP) is 3.62. The average Bonchev–Trinajstić information content (AvgIpc) is 2.48. The molecule has 1 heterocycles. The molecule has 1 aliphatic carbocycles. The molecule has 1 saturated carbocycles. The van der Waals surface area contributed by atoms with Crippen molar-refractivity contribution in [2.45, 2.75) is 64.5 Å². The van der Waals surface area contributed by atoms with Gasteiger partial charge in [0.15, 0.2) is 0 Å². The predicted molar refractivity (Wildman–Crippen MR) is 91.6 cm³/mol. The average molecular weight is 299 g/mol. The van der Waals surface area contributed by atoms with Gasteiger partial charge < -0.3 is 5.32 Å². The number of thioether (sulfide) groups is 1. The first kappa shape index (κ1) is 16.6. The summed E-state index contributed by atoms with van der Waals surface area (Å²) in [5.41, 5.74) is 0. The molecule has 2 unspecified atom stereocenters. The summed E-state index contributed by atoms with van der Waals surface area (Å²) in [5, 5.41) is 3.84. The summed E-state index contributed by atoms with van der Waals surface area (Å²) in [6.07, 6.45) is 10.9. The zero-order valence-electron chi connectivity index (χ0n) is 13.7. The Balaban J connectivity index is 1.92. The Kier molecular flexibility index (Phi) is 7.20. The Morgan fingerprint density at radius 1 is 1.20 bits per heavy atom. The summed E-state index contributed by atoms with van der Waals surface area (Å²) in [6, 6.07) is 1.51. The Morgan fingerprint density at radius 3 is 2.60 bits per heavy atom. The minimum absolute atomic E-state index is 0.698. The lowest BCUT2D eigenvalue weighted by molar-refractivity contribution is 0.0619. The first-order chi connectivity index (χ1) is 9.72. The lowest BCUT2D eigenvalue weighted by Gasteiger charge is -2.46. The summed E-state index contributed by atoms with van der Waals surface area (Å²) in [4.78, 5) is 2.84. The van der Waals surface area contributed by atoms with Crippen LogP contribution in [0, 0.1) is 11.8 Å². The largest absolute Gasteiger partial charge is 0.311 e. The Labute approximate surface area is 130 Å². The van der Waals surface area contributed by atoms with Crippen molar-refractivity contribution in [3.63, 3.8) is 0 Å². The standard InChI is InChI=1S/C17H34N2S/c1-14(2)16-13-19(10-7-11-20-3)17(12-18-16)15-8-5-4-6-9-15/h14-18H,4-13H2,1-3H3. The maximum absolute atomic E-state index is 3.84. The zero-order chi connectivity index (χ0) is 14.4. The van der Waals surface area contributed by atoms with E-state index in [-0.39, 0.29) is 0 Å². The maximum atomic E-state index is 3.84. The molecule has 3 heteroatoms. The third-order valence-corrected chi connectivity index (χ3v) is 5.98. The van der Waals surface area contributed by atoms with Crippen LogP contribution in [0.25, 0.3) is 0 Å². The van der Waals surface area contributed by atoms with Crippen molar-refractivity contribution in [1.29, 1.82) is 0 Å². The minimum Gasteiger partial charge on any atom is -0.311 e. The van der Waals surface area contributed by atoms with Crippen molar-refractivity contribution in [2.75, 3.05) is 31.6 Å². The molecule has 0 radical (unpaired) electrons. The van der Waals surface area contributed by atoms with E-state index in [1.54, 1.807) is 0 Å². The van der Waals surface area contributed by atoms with Gasteiger partial charge in [0.2, 0.25) is 0 Å². The fraction of sp³-hybridized carbons (Fsp3) is 1.00. The van der Waals surface area contributed by atoms with Gasteiger partial charge in [-0.05, 0) is 49.7 Å². The van der Waals surface area contributed by atoms with Crippen LogP contribution in [-0.4, -0.2) is 48.6 Å². The van der Waals surface area contributed by atoms with Crippen molar-refractivity contribution >= 4 is 11.8 Å². The van der Waals surface area contributed by atoms with Crippen LogP contribution in [0.5, 0.6) is 0 Å². The van der Waals surface area contributed by atoms with E-state index in [1.807, 2.05) is 11.8 Å². The van der Waals surface area contributed by atoms with Crippen LogP contribution in [0.1, 0.15) is 52.4 Å². The van der Waals surface area contributed by atoms with Gasteiger partial charge in [0.1, 0.15) is 0 Å². The molecule has 2 rings (SSSR count). The highest BCUT2D eigenvalue weighted by Crippen LogP contribution is 2.30. The number of piperazine rings is 1. The van der Waals surface area contributed by atoms with Crippen molar-refractivity contribution in [1.82, 2.24) is 10.2 Å². The van der Waals surface area contributed by atoms with Gasteiger partial charge in [0.05, 0.1) is 0 Å². The molecule has 1 aliphatic heterocycles. The molecule has 0 aromatic heterocycles. The van der Waals surface area contributed by atoms with E-state index in [2.05, 4.69) is 30.3 Å². The molecular weight excluding hydrogens is 264 g/mol. The van der Waals surface area contributed by atoms with Gasteiger partial charge in [0.25, 0.3) is 0 Å². The molecule has 0 bridgehead atoms. The van der Waals surface area contributed by atoms with E-state index < -0.39 is 0 Å². The fourth-order valence-electron chi connectivity index (χ4n) is 3.95. The number of hydrogen-bond acceptors (Lipinski definition) is 3. The zero-order valence-corrected chi connectivity index (χ0v) is 14.6. The van der Waals surface area contributed by atoms with Crippen LogP contribution in [0.2, 0.25) is 0 Å². The quantitative estimate of drug-likeness (QED) is 0.754. The highest BCUT2D eigenvalue weighted by atomic mass is 32.2. The molecule has 1 saturated heterocycles. The third kappa shape index (κ3) is 4.64. The highest BCUT2D eigenvalue weighted by Gasteiger charge is 2.34. The monoisotopic (exact) mass is 298 g/mol. The van der Waals surface area contributed by atoms with E-state index >= 15 is 0 Å². The van der Waals surface area contributed by atoms with Gasteiger partial charge in [0, 0.05) is 25.2 Å². The maximum Gasteiger partial charge on any atom is 0.0249 e. The smallest absolute Gasteiger partial charge is 0.0249 e. The first-order valence-corrected chi connectivity index (χ1v) is 10.1. The number of nitrogens with one attached hydrogen (secondary N) is 1. The second-order valence-electron chi connectivity index (χ2n) is 7.07. The van der Waals surface area contributed by atoms with Crippen LogP contribution in [-0.2, 0) is 0 Å². The Bertz CT molecular complexity index is 264. The molecule has 1 N–H and O–H groups in total. The summed E-state index contributed by atoms with van der Waals surface area (Å²) >= 11 is 1.99. The first-order valence-electron chi connectivity index (χ1n) is 8.68. The number of hydrogen-bond donors (Lipinski definition) is 1. The van der Waals surface area contributed by atoms with Gasteiger partial charge in [-0.2, -0.15) is 11.8 Å². The van der Waals surface area contributed by atoms with Crippen molar-refractivity contribution in [3.8, 4) is 0 Å². The fourth-order valence-corrected chi connectivity index (χ4v) is 4.37. The van der Waals surface area contributed by atoms with Gasteiger partial charge in [-0.1, -0.05) is 33.1 Å². The normalized spacial score (nSPS) is 30.0. The lowest BCUT2D eigenvalue weighted by atomic mass is 9.81. The van der Waals surface area contributed by atoms with E-state index in [9.17, 15) is 0 Å². The molecule has 0 aromatic rings. The second-order valence-corrected chi connectivity index (χ2v) is 8.05. The van der Waals surface area contributed by atoms with E-state index in [0.29, 0.717) is 6.04 Å². The van der Waals surface area contributed by atoms with Crippen molar-refractivity contribution in [3.05, 3.63) is 0 Å². The van der Waals surface area contributed by atoms with E-state index in [0.717, 1.165) is 17.9 Å². The highest BCUT2D eigenvalue weighted by molar-refractivity contribution is 7.98. The summed E-state index contributed by atoms with van der Waals surface area (Å²) in [5.74, 6) is 3.03. The molecule has 0 spiro atoms. The van der Waals surface area contributed by atoms with Crippen molar-refractivity contribution < 1.29 is 0 Å². The van der Waals surface area contributed by atoms with Crippen molar-refractivity contribution in [2.24, 2.45) is 11.8 Å². The molecule has 0 aromatic carbocycles. The van der Waals surface area contributed by atoms with Crippen LogP contribution in [0.4, 0.5) is 0 Å². The summed E-state index contributed by atoms with van der Waals surface area (Å²) in [7, 11) is 0. The molecule has 2 nitrogen and oxygen atoms in total. The molecule has 118 valence electrons. The van der Waals surface area contributed by atoms with Gasteiger partial charge in [-0.15, -0.1) is 0 Å². The van der Waals surface area contributed by atoms with Gasteiger partial charge >= 0.3 is 0 Å². The summed E-state index contributed by atoms with van der Waals surface area (Å²) < 4.78 is 0. The van der Waals surface area contributed by atoms with E-state index in [1.165, 1.54) is 63.9 Å². The van der Waals surface area contributed by atoms with Gasteiger partial charge in [-0.3, -0.25) is 4.90 Å². The van der Waals surface area contributed by atoms with E-state index in [4.69, 9.17) is 0 Å². The van der Waals surface area contributed by atoms with Crippen LogP contribution >= 0.6 is 11.8 Å². The number of nitrogens with zero attached hydrogens (tertiary/aromatic N) is 1. The summed E-state index contributed by atoms with van der Waals surface area (Å²) in [6.45, 7) is 8.53. The molecule has 2 aliphatic rings. The van der Waals surface area contributed by atoms with Crippen LogP contribution < -0.4 is 5.32 Å². The SMILES string of the molecule is CSCCCN1CC(C(C)C)NCC1C1CCCCC1. The molecular formula is C17H34N2S.